The summed E-state index contributed by atoms with van der Waals surface area (Å²) in [7, 11) is 3.69. The third-order valence-corrected chi connectivity index (χ3v) is 5.04. The van der Waals surface area contributed by atoms with Gasteiger partial charge in [-0.2, -0.15) is 0 Å². The second-order valence-electron chi connectivity index (χ2n) is 6.86. The van der Waals surface area contributed by atoms with Gasteiger partial charge >= 0.3 is 0 Å². The number of carbonyl (C=O) groups excluding carboxylic acids is 1. The Morgan fingerprint density at radius 1 is 1.26 bits per heavy atom. The van der Waals surface area contributed by atoms with Gasteiger partial charge in [-0.05, 0) is 29.7 Å². The number of aryl methyl sites for hydroxylation is 1. The number of amides is 1. The predicted molar refractivity (Wildman–Crippen MR) is 108 cm³/mol. The third kappa shape index (κ3) is 4.64. The van der Waals surface area contributed by atoms with Gasteiger partial charge in [-0.15, -0.1) is 0 Å². The van der Waals surface area contributed by atoms with Crippen LogP contribution in [0.2, 0.25) is 0 Å². The highest BCUT2D eigenvalue weighted by atomic mass is 16.5. The quantitative estimate of drug-likeness (QED) is 0.847. The molecular formula is C21H28N4O2. The van der Waals surface area contributed by atoms with Crippen LogP contribution in [0.1, 0.15) is 15.9 Å². The zero-order valence-electron chi connectivity index (χ0n) is 16.4. The van der Waals surface area contributed by atoms with Crippen LogP contribution in [0.25, 0.3) is 11.1 Å². The smallest absolute Gasteiger partial charge is 0.253 e. The predicted octanol–water partition coefficient (Wildman–Crippen LogP) is 2.19. The van der Waals surface area contributed by atoms with E-state index < -0.39 is 0 Å². The Hall–Kier alpha value is -2.44. The number of ether oxygens (including phenoxy) is 1. The number of hydrogen-bond donors (Lipinski definition) is 1. The molecule has 6 nitrogen and oxygen atoms in total. The van der Waals surface area contributed by atoms with E-state index in [2.05, 4.69) is 39.2 Å². The number of morpholine rings is 1. The summed E-state index contributed by atoms with van der Waals surface area (Å²) in [5.74, 6) is 0.748. The summed E-state index contributed by atoms with van der Waals surface area (Å²) in [5.41, 5.74) is 3.70. The summed E-state index contributed by atoms with van der Waals surface area (Å²) in [6, 6.07) is 10.1. The molecule has 0 spiro atoms. The molecule has 0 bridgehead atoms. The van der Waals surface area contributed by atoms with E-state index in [-0.39, 0.29) is 5.91 Å². The molecule has 1 N–H and O–H groups in total. The number of pyridine rings is 1. The van der Waals surface area contributed by atoms with E-state index in [1.54, 1.807) is 13.2 Å². The average Bonchev–Trinajstić information content (AvgIpc) is 2.72. The molecule has 3 rings (SSSR count). The molecular weight excluding hydrogens is 340 g/mol. The van der Waals surface area contributed by atoms with Gasteiger partial charge in [0.1, 0.15) is 5.82 Å². The van der Waals surface area contributed by atoms with Crippen LogP contribution in [0.5, 0.6) is 0 Å². The molecule has 27 heavy (non-hydrogen) atoms. The van der Waals surface area contributed by atoms with Gasteiger partial charge in [-0.3, -0.25) is 9.69 Å². The summed E-state index contributed by atoms with van der Waals surface area (Å²) in [4.78, 5) is 21.4. The van der Waals surface area contributed by atoms with Crippen LogP contribution in [-0.4, -0.2) is 69.3 Å². The Kier molecular flexibility index (Phi) is 6.42. The van der Waals surface area contributed by atoms with Crippen LogP contribution < -0.4 is 10.2 Å². The second kappa shape index (κ2) is 8.97. The Labute approximate surface area is 161 Å². The van der Waals surface area contributed by atoms with Crippen molar-refractivity contribution in [3.05, 3.63) is 47.7 Å². The number of carbonyl (C=O) groups is 1. The number of aromatic nitrogens is 1. The number of likely N-dealkylation sites (N-methyl/N-ethyl adjacent to an activating group) is 1. The zero-order valence-corrected chi connectivity index (χ0v) is 16.4. The first-order valence-electron chi connectivity index (χ1n) is 9.39. The lowest BCUT2D eigenvalue weighted by Gasteiger charge is -2.29. The van der Waals surface area contributed by atoms with E-state index >= 15 is 0 Å². The van der Waals surface area contributed by atoms with Gasteiger partial charge in [0, 0.05) is 46.5 Å². The van der Waals surface area contributed by atoms with Crippen molar-refractivity contribution >= 4 is 11.7 Å². The maximum Gasteiger partial charge on any atom is 0.253 e. The highest BCUT2D eigenvalue weighted by Crippen LogP contribution is 2.29. The molecule has 0 radical (unpaired) electrons. The molecule has 0 atom stereocenters. The van der Waals surface area contributed by atoms with Gasteiger partial charge in [0.2, 0.25) is 0 Å². The number of rotatable bonds is 6. The minimum absolute atomic E-state index is 0.122. The Bertz CT molecular complexity index is 788. The van der Waals surface area contributed by atoms with Crippen molar-refractivity contribution in [2.24, 2.45) is 0 Å². The largest absolute Gasteiger partial charge is 0.379 e. The molecule has 1 saturated heterocycles. The van der Waals surface area contributed by atoms with Crippen LogP contribution in [0.15, 0.2) is 36.5 Å². The van der Waals surface area contributed by atoms with Crippen molar-refractivity contribution in [1.82, 2.24) is 15.2 Å². The van der Waals surface area contributed by atoms with Crippen molar-refractivity contribution in [2.75, 3.05) is 58.4 Å². The second-order valence-corrected chi connectivity index (χ2v) is 6.86. The molecule has 1 aliphatic heterocycles. The third-order valence-electron chi connectivity index (χ3n) is 5.04. The fourth-order valence-corrected chi connectivity index (χ4v) is 3.30. The highest BCUT2D eigenvalue weighted by molar-refractivity contribution is 6.01. The molecule has 144 valence electrons. The van der Waals surface area contributed by atoms with E-state index in [0.29, 0.717) is 5.56 Å². The lowest BCUT2D eigenvalue weighted by atomic mass is 9.97. The monoisotopic (exact) mass is 368 g/mol. The van der Waals surface area contributed by atoms with Crippen molar-refractivity contribution in [2.45, 2.75) is 6.92 Å². The molecule has 0 aliphatic carbocycles. The molecule has 1 aromatic carbocycles. The van der Waals surface area contributed by atoms with Gasteiger partial charge in [-0.25, -0.2) is 4.98 Å². The SMILES string of the molecule is CNC(=O)c1cnc(N(C)CCN2CCOCC2)cc1-c1ccccc1C. The maximum absolute atomic E-state index is 12.3. The maximum atomic E-state index is 12.3. The molecule has 1 fully saturated rings. The number of nitrogens with zero attached hydrogens (tertiary/aromatic N) is 3. The molecule has 0 unspecified atom stereocenters. The first-order chi connectivity index (χ1) is 13.1. The number of hydrogen-bond acceptors (Lipinski definition) is 5. The van der Waals surface area contributed by atoms with Gasteiger partial charge in [0.05, 0.1) is 18.8 Å². The van der Waals surface area contributed by atoms with Crippen LogP contribution in [0, 0.1) is 6.92 Å². The summed E-state index contributed by atoms with van der Waals surface area (Å²) < 4.78 is 5.41. The zero-order chi connectivity index (χ0) is 19.2. The minimum atomic E-state index is -0.122. The normalized spacial score (nSPS) is 14.8. The van der Waals surface area contributed by atoms with E-state index in [4.69, 9.17) is 4.74 Å². The fraction of sp³-hybridized carbons (Fsp3) is 0.429. The summed E-state index contributed by atoms with van der Waals surface area (Å²) in [6.45, 7) is 7.47. The first-order valence-corrected chi connectivity index (χ1v) is 9.39. The topological polar surface area (TPSA) is 57.7 Å². The van der Waals surface area contributed by atoms with Crippen molar-refractivity contribution in [1.29, 1.82) is 0 Å². The van der Waals surface area contributed by atoms with E-state index in [0.717, 1.165) is 61.9 Å². The van der Waals surface area contributed by atoms with E-state index in [1.807, 2.05) is 25.2 Å². The molecule has 1 aromatic heterocycles. The fourth-order valence-electron chi connectivity index (χ4n) is 3.30. The minimum Gasteiger partial charge on any atom is -0.379 e. The molecule has 0 saturated carbocycles. The number of anilines is 1. The summed E-state index contributed by atoms with van der Waals surface area (Å²) >= 11 is 0. The number of nitrogens with one attached hydrogen (secondary N) is 1. The Morgan fingerprint density at radius 2 is 2.00 bits per heavy atom. The van der Waals surface area contributed by atoms with Crippen LogP contribution >= 0.6 is 0 Å². The molecule has 2 heterocycles. The Balaban J connectivity index is 1.85. The van der Waals surface area contributed by atoms with Crippen molar-refractivity contribution < 1.29 is 9.53 Å². The van der Waals surface area contributed by atoms with E-state index in [1.165, 1.54) is 0 Å². The molecule has 2 aromatic rings. The highest BCUT2D eigenvalue weighted by Gasteiger charge is 2.17. The molecule has 1 amide bonds. The number of benzene rings is 1. The molecule has 6 heteroatoms. The lowest BCUT2D eigenvalue weighted by Crippen LogP contribution is -2.40. The first kappa shape index (κ1) is 19.3. The van der Waals surface area contributed by atoms with Gasteiger partial charge in [0.15, 0.2) is 0 Å². The Morgan fingerprint density at radius 3 is 2.70 bits per heavy atom. The summed E-state index contributed by atoms with van der Waals surface area (Å²) in [6.07, 6.45) is 1.68. The summed E-state index contributed by atoms with van der Waals surface area (Å²) in [5, 5.41) is 2.72. The van der Waals surface area contributed by atoms with Crippen molar-refractivity contribution in [3.63, 3.8) is 0 Å². The van der Waals surface area contributed by atoms with E-state index in [9.17, 15) is 4.79 Å². The van der Waals surface area contributed by atoms with Gasteiger partial charge in [0.25, 0.3) is 5.91 Å². The van der Waals surface area contributed by atoms with Gasteiger partial charge < -0.3 is 15.0 Å². The van der Waals surface area contributed by atoms with Crippen LogP contribution in [0.3, 0.4) is 0 Å². The van der Waals surface area contributed by atoms with Crippen molar-refractivity contribution in [3.8, 4) is 11.1 Å². The van der Waals surface area contributed by atoms with Gasteiger partial charge in [-0.1, -0.05) is 24.3 Å². The molecule has 1 aliphatic rings. The van der Waals surface area contributed by atoms with Crippen LogP contribution in [-0.2, 0) is 4.74 Å². The standard InChI is InChI=1S/C21H28N4O2/c1-16-6-4-5-7-17(16)18-14-20(23-15-19(18)21(26)22-2)24(3)8-9-25-10-12-27-13-11-25/h4-7,14-15H,8-13H2,1-3H3,(H,22,26). The lowest BCUT2D eigenvalue weighted by molar-refractivity contribution is 0.0393. The average molecular weight is 368 g/mol. The van der Waals surface area contributed by atoms with Crippen LogP contribution in [0.4, 0.5) is 5.82 Å².